The molecule has 31 heavy (non-hydrogen) atoms. The van der Waals surface area contributed by atoms with Gasteiger partial charge in [0.1, 0.15) is 10.7 Å². The summed E-state index contributed by atoms with van der Waals surface area (Å²) in [6, 6.07) is 10.1. The van der Waals surface area contributed by atoms with Crippen LogP contribution in [0.15, 0.2) is 47.4 Å². The summed E-state index contributed by atoms with van der Waals surface area (Å²) in [4.78, 5) is 12.3. The monoisotopic (exact) mass is 469 g/mol. The minimum Gasteiger partial charge on any atom is -0.326 e. The lowest BCUT2D eigenvalue weighted by molar-refractivity contribution is -0.120. The third-order valence-corrected chi connectivity index (χ3v) is 7.60. The lowest BCUT2D eigenvalue weighted by atomic mass is 9.97. The van der Waals surface area contributed by atoms with Crippen LogP contribution in [0.4, 0.5) is 15.8 Å². The number of hydrogen-bond donors (Lipinski definition) is 2. The molecule has 0 spiro atoms. The SMILES string of the molecule is Cc1ccc(NC(=O)C2CCN(S(=O)(=O)c3ccccc3F)CC2)cc1NS(C)(=O)=O. The first kappa shape index (κ1) is 23.2. The van der Waals surface area contributed by atoms with Gasteiger partial charge in [0.05, 0.1) is 11.9 Å². The van der Waals surface area contributed by atoms with Gasteiger partial charge in [-0.05, 0) is 49.6 Å². The van der Waals surface area contributed by atoms with Gasteiger partial charge in [-0.1, -0.05) is 18.2 Å². The quantitative estimate of drug-likeness (QED) is 0.675. The maximum atomic E-state index is 13.9. The number of anilines is 2. The third-order valence-electron chi connectivity index (χ3n) is 5.08. The number of piperidine rings is 1. The molecular formula is C20H24FN3O5S2. The van der Waals surface area contributed by atoms with Crippen molar-refractivity contribution in [1.29, 1.82) is 0 Å². The normalized spacial score (nSPS) is 16.1. The van der Waals surface area contributed by atoms with Crippen molar-refractivity contribution in [3.8, 4) is 0 Å². The summed E-state index contributed by atoms with van der Waals surface area (Å²) in [6.07, 6.45) is 1.63. The molecule has 3 rings (SSSR count). The average molecular weight is 470 g/mol. The van der Waals surface area contributed by atoms with Gasteiger partial charge in [-0.3, -0.25) is 9.52 Å². The molecule has 2 N–H and O–H groups in total. The Morgan fingerprint density at radius 1 is 1.06 bits per heavy atom. The molecule has 2 aromatic carbocycles. The zero-order valence-corrected chi connectivity index (χ0v) is 18.8. The minimum atomic E-state index is -3.97. The van der Waals surface area contributed by atoms with Gasteiger partial charge in [0, 0.05) is 24.7 Å². The first-order valence-corrected chi connectivity index (χ1v) is 12.9. The molecule has 0 unspecified atom stereocenters. The molecular weight excluding hydrogens is 445 g/mol. The summed E-state index contributed by atoms with van der Waals surface area (Å²) >= 11 is 0. The number of hydrogen-bond acceptors (Lipinski definition) is 5. The van der Waals surface area contributed by atoms with Gasteiger partial charge in [-0.15, -0.1) is 0 Å². The number of sulfonamides is 2. The van der Waals surface area contributed by atoms with Crippen molar-refractivity contribution in [2.24, 2.45) is 5.92 Å². The van der Waals surface area contributed by atoms with Crippen LogP contribution >= 0.6 is 0 Å². The highest BCUT2D eigenvalue weighted by Gasteiger charge is 2.33. The van der Waals surface area contributed by atoms with E-state index in [0.717, 1.165) is 12.3 Å². The van der Waals surface area contributed by atoms with Crippen LogP contribution < -0.4 is 10.0 Å². The molecule has 0 bridgehead atoms. The Morgan fingerprint density at radius 3 is 2.32 bits per heavy atom. The van der Waals surface area contributed by atoms with Crippen LogP contribution in [0.1, 0.15) is 18.4 Å². The Hall–Kier alpha value is -2.50. The summed E-state index contributed by atoms with van der Waals surface area (Å²) in [5, 5.41) is 2.76. The van der Waals surface area contributed by atoms with E-state index in [1.807, 2.05) is 0 Å². The van der Waals surface area contributed by atoms with Crippen LogP contribution in [-0.4, -0.2) is 46.4 Å². The molecule has 1 heterocycles. The van der Waals surface area contributed by atoms with Crippen LogP contribution in [0.25, 0.3) is 0 Å². The third kappa shape index (κ3) is 5.60. The van der Waals surface area contributed by atoms with Gasteiger partial charge in [-0.25, -0.2) is 21.2 Å². The van der Waals surface area contributed by atoms with E-state index >= 15 is 0 Å². The molecule has 11 heteroatoms. The highest BCUT2D eigenvalue weighted by molar-refractivity contribution is 7.92. The predicted molar refractivity (Wildman–Crippen MR) is 116 cm³/mol. The Bertz CT molecular complexity index is 1190. The molecule has 8 nitrogen and oxygen atoms in total. The van der Waals surface area contributed by atoms with Crippen molar-refractivity contribution in [3.05, 3.63) is 53.8 Å². The summed E-state index contributed by atoms with van der Waals surface area (Å²) in [5.41, 5.74) is 1.50. The summed E-state index contributed by atoms with van der Waals surface area (Å²) in [6.45, 7) is 1.94. The molecule has 0 atom stereocenters. The van der Waals surface area contributed by atoms with Crippen LogP contribution in [0, 0.1) is 18.7 Å². The Balaban J connectivity index is 1.65. The van der Waals surface area contributed by atoms with Crippen LogP contribution in [0.5, 0.6) is 0 Å². The van der Waals surface area contributed by atoms with Crippen molar-refractivity contribution in [1.82, 2.24) is 4.31 Å². The topological polar surface area (TPSA) is 113 Å². The van der Waals surface area contributed by atoms with Crippen molar-refractivity contribution < 1.29 is 26.0 Å². The van der Waals surface area contributed by atoms with Gasteiger partial charge in [0.25, 0.3) is 0 Å². The standard InChI is InChI=1S/C20H24FN3O5S2/c1-14-7-8-16(13-18(14)23-30(2,26)27)22-20(25)15-9-11-24(12-10-15)31(28,29)19-6-4-3-5-17(19)21/h3-8,13,15,23H,9-12H2,1-2H3,(H,22,25). The van der Waals surface area contributed by atoms with Crippen LogP contribution in [0.3, 0.4) is 0 Å². The fourth-order valence-electron chi connectivity index (χ4n) is 3.41. The summed E-state index contributed by atoms with van der Waals surface area (Å²) in [7, 11) is -7.43. The maximum absolute atomic E-state index is 13.9. The Morgan fingerprint density at radius 2 is 1.71 bits per heavy atom. The molecule has 0 aromatic heterocycles. The second-order valence-corrected chi connectivity index (χ2v) is 11.2. The fourth-order valence-corrected chi connectivity index (χ4v) is 5.56. The first-order chi connectivity index (χ1) is 14.5. The number of nitrogens with one attached hydrogen (secondary N) is 2. The smallest absolute Gasteiger partial charge is 0.245 e. The highest BCUT2D eigenvalue weighted by Crippen LogP contribution is 2.27. The first-order valence-electron chi connectivity index (χ1n) is 9.61. The van der Waals surface area contributed by atoms with Gasteiger partial charge in [0.15, 0.2) is 0 Å². The van der Waals surface area contributed by atoms with Gasteiger partial charge < -0.3 is 5.32 Å². The number of carbonyl (C=O) groups is 1. The average Bonchev–Trinajstić information content (AvgIpc) is 2.69. The number of amides is 1. The van der Waals surface area contributed by atoms with Gasteiger partial charge in [-0.2, -0.15) is 4.31 Å². The van der Waals surface area contributed by atoms with Crippen LogP contribution in [-0.2, 0) is 24.8 Å². The summed E-state index contributed by atoms with van der Waals surface area (Å²) in [5.74, 6) is -1.50. The molecule has 1 aliphatic heterocycles. The van der Waals surface area contributed by atoms with Crippen molar-refractivity contribution in [2.45, 2.75) is 24.7 Å². The van der Waals surface area contributed by atoms with Crippen molar-refractivity contribution in [2.75, 3.05) is 29.4 Å². The molecule has 0 aliphatic carbocycles. The maximum Gasteiger partial charge on any atom is 0.245 e. The molecule has 2 aromatic rings. The largest absolute Gasteiger partial charge is 0.326 e. The number of rotatable bonds is 6. The molecule has 1 saturated heterocycles. The molecule has 0 radical (unpaired) electrons. The van der Waals surface area contributed by atoms with E-state index in [0.29, 0.717) is 29.8 Å². The Kier molecular flexibility index (Phi) is 6.68. The van der Waals surface area contributed by atoms with Crippen LogP contribution in [0.2, 0.25) is 0 Å². The van der Waals surface area contributed by atoms with E-state index in [9.17, 15) is 26.0 Å². The van der Waals surface area contributed by atoms with Crippen molar-refractivity contribution >= 4 is 37.3 Å². The fraction of sp³-hybridized carbons (Fsp3) is 0.350. The number of aryl methyl sites for hydroxylation is 1. The molecule has 0 saturated carbocycles. The number of carbonyl (C=O) groups excluding carboxylic acids is 1. The predicted octanol–water partition coefficient (Wildman–Crippen LogP) is 2.55. The van der Waals surface area contributed by atoms with E-state index in [4.69, 9.17) is 0 Å². The molecule has 1 amide bonds. The number of benzene rings is 2. The number of halogens is 1. The minimum absolute atomic E-state index is 0.101. The lowest BCUT2D eigenvalue weighted by Crippen LogP contribution is -2.41. The zero-order chi connectivity index (χ0) is 22.8. The van der Waals surface area contributed by atoms with E-state index < -0.39 is 31.8 Å². The van der Waals surface area contributed by atoms with Gasteiger partial charge in [0.2, 0.25) is 26.0 Å². The molecule has 1 aliphatic rings. The van der Waals surface area contributed by atoms with E-state index in [1.165, 1.54) is 28.6 Å². The Labute approximate surface area is 181 Å². The highest BCUT2D eigenvalue weighted by atomic mass is 32.2. The lowest BCUT2D eigenvalue weighted by Gasteiger charge is -2.30. The number of nitrogens with zero attached hydrogens (tertiary/aromatic N) is 1. The second-order valence-electron chi connectivity index (χ2n) is 7.50. The molecule has 1 fully saturated rings. The van der Waals surface area contributed by atoms with E-state index in [-0.39, 0.29) is 23.9 Å². The zero-order valence-electron chi connectivity index (χ0n) is 17.1. The summed E-state index contributed by atoms with van der Waals surface area (Å²) < 4.78 is 65.9. The second kappa shape index (κ2) is 8.93. The van der Waals surface area contributed by atoms with E-state index in [1.54, 1.807) is 19.1 Å². The molecule has 168 valence electrons. The van der Waals surface area contributed by atoms with Gasteiger partial charge >= 0.3 is 0 Å². The van der Waals surface area contributed by atoms with E-state index in [2.05, 4.69) is 10.0 Å². The van der Waals surface area contributed by atoms with Crippen molar-refractivity contribution in [3.63, 3.8) is 0 Å².